The zero-order valence-electron chi connectivity index (χ0n) is 11.7. The molecule has 0 aromatic rings. The van der Waals surface area contributed by atoms with Gasteiger partial charge >= 0.3 is 12.4 Å². The third-order valence-electron chi connectivity index (χ3n) is 7.73. The second-order valence-electron chi connectivity index (χ2n) is 8.03. The molecule has 0 amide bonds. The molecule has 6 heteroatoms. The van der Waals surface area contributed by atoms with Crippen LogP contribution in [0.15, 0.2) is 12.2 Å². The fraction of sp³-hybridized carbons (Fsp3) is 0.875. The van der Waals surface area contributed by atoms with Gasteiger partial charge in [0.05, 0.1) is 0 Å². The summed E-state index contributed by atoms with van der Waals surface area (Å²) in [5.74, 6) is -0.779. The van der Waals surface area contributed by atoms with Crippen LogP contribution >= 0.6 is 0 Å². The van der Waals surface area contributed by atoms with Crippen molar-refractivity contribution in [1.82, 2.24) is 0 Å². The molecule has 4 bridgehead atoms. The van der Waals surface area contributed by atoms with Crippen molar-refractivity contribution in [2.75, 3.05) is 0 Å². The van der Waals surface area contributed by atoms with Gasteiger partial charge in [0.2, 0.25) is 0 Å². The molecular weight excluding hydrogens is 306 g/mol. The third kappa shape index (κ3) is 1.21. The standard InChI is InChI=1S/C16H16F6/c17-15(18,19)14(16(20,21)22)5-10-8-4-9(13(10)14)12-7-2-1-6(3-7)11(8)12/h1-2,6-13H,3-5H2. The Hall–Kier alpha value is -0.680. The van der Waals surface area contributed by atoms with Crippen molar-refractivity contribution < 1.29 is 26.3 Å². The van der Waals surface area contributed by atoms with E-state index in [-0.39, 0.29) is 29.6 Å². The molecule has 0 N–H and O–H groups in total. The number of rotatable bonds is 0. The summed E-state index contributed by atoms with van der Waals surface area (Å²) in [5.41, 5.74) is -3.43. The van der Waals surface area contributed by atoms with Crippen LogP contribution < -0.4 is 0 Å². The van der Waals surface area contributed by atoms with Gasteiger partial charge in [-0.3, -0.25) is 0 Å². The van der Waals surface area contributed by atoms with Gasteiger partial charge in [0, 0.05) is 0 Å². The largest absolute Gasteiger partial charge is 0.403 e. The van der Waals surface area contributed by atoms with Crippen LogP contribution in [0.25, 0.3) is 0 Å². The molecule has 0 spiro atoms. The molecule has 0 aromatic carbocycles. The molecule has 0 heterocycles. The highest BCUT2D eigenvalue weighted by molar-refractivity contribution is 5.27. The molecule has 8 atom stereocenters. The zero-order valence-corrected chi connectivity index (χ0v) is 11.7. The quantitative estimate of drug-likeness (QED) is 0.341. The van der Waals surface area contributed by atoms with E-state index < -0.39 is 30.1 Å². The summed E-state index contributed by atoms with van der Waals surface area (Å²) in [6.45, 7) is 0. The van der Waals surface area contributed by atoms with Gasteiger partial charge in [0.1, 0.15) is 0 Å². The normalized spacial score (nSPS) is 53.5. The smallest absolute Gasteiger partial charge is 0.170 e. The van der Waals surface area contributed by atoms with E-state index in [0.717, 1.165) is 6.42 Å². The summed E-state index contributed by atoms with van der Waals surface area (Å²) in [6, 6.07) is 0. The van der Waals surface area contributed by atoms with Crippen molar-refractivity contribution in [2.45, 2.75) is 31.6 Å². The maximum atomic E-state index is 13.4. The van der Waals surface area contributed by atoms with Crippen LogP contribution in [0.5, 0.6) is 0 Å². The maximum Gasteiger partial charge on any atom is 0.403 e. The Bertz CT molecular complexity index is 544. The van der Waals surface area contributed by atoms with Crippen molar-refractivity contribution in [3.8, 4) is 0 Å². The molecule has 122 valence electrons. The Morgan fingerprint density at radius 1 is 0.727 bits per heavy atom. The Labute approximate surface area is 123 Å². The van der Waals surface area contributed by atoms with Gasteiger partial charge in [-0.05, 0) is 66.6 Å². The zero-order chi connectivity index (χ0) is 15.7. The second kappa shape index (κ2) is 3.54. The highest BCUT2D eigenvalue weighted by atomic mass is 19.4. The summed E-state index contributed by atoms with van der Waals surface area (Å²) in [7, 11) is 0. The summed E-state index contributed by atoms with van der Waals surface area (Å²) >= 11 is 0. The van der Waals surface area contributed by atoms with Crippen LogP contribution in [-0.4, -0.2) is 12.4 Å². The van der Waals surface area contributed by atoms with Gasteiger partial charge in [-0.15, -0.1) is 0 Å². The Balaban J connectivity index is 1.57. The minimum atomic E-state index is -5.18. The molecule has 0 aromatic heterocycles. The van der Waals surface area contributed by atoms with E-state index in [4.69, 9.17) is 0 Å². The van der Waals surface area contributed by atoms with Crippen LogP contribution in [0, 0.1) is 52.8 Å². The lowest BCUT2D eigenvalue weighted by atomic mass is 9.45. The molecule has 0 aliphatic heterocycles. The van der Waals surface area contributed by atoms with E-state index >= 15 is 0 Å². The summed E-state index contributed by atoms with van der Waals surface area (Å²) in [6.07, 6.45) is -5.35. The van der Waals surface area contributed by atoms with Crippen LogP contribution in [0.3, 0.4) is 0 Å². The lowest BCUT2D eigenvalue weighted by Gasteiger charge is -2.60. The lowest BCUT2D eigenvalue weighted by Crippen LogP contribution is -2.67. The van der Waals surface area contributed by atoms with E-state index in [0.29, 0.717) is 18.3 Å². The first-order chi connectivity index (χ1) is 10.2. The van der Waals surface area contributed by atoms with Crippen molar-refractivity contribution >= 4 is 0 Å². The van der Waals surface area contributed by atoms with Crippen LogP contribution in [-0.2, 0) is 0 Å². The molecule has 22 heavy (non-hydrogen) atoms. The molecule has 4 fully saturated rings. The van der Waals surface area contributed by atoms with E-state index in [9.17, 15) is 26.3 Å². The average molecular weight is 322 g/mol. The Morgan fingerprint density at radius 2 is 1.27 bits per heavy atom. The van der Waals surface area contributed by atoms with E-state index in [1.165, 1.54) is 0 Å². The molecule has 8 unspecified atom stereocenters. The molecule has 5 aliphatic rings. The van der Waals surface area contributed by atoms with Gasteiger partial charge in [-0.25, -0.2) is 0 Å². The van der Waals surface area contributed by atoms with Crippen molar-refractivity contribution in [2.24, 2.45) is 52.8 Å². The van der Waals surface area contributed by atoms with Crippen LogP contribution in [0.4, 0.5) is 26.3 Å². The topological polar surface area (TPSA) is 0 Å². The van der Waals surface area contributed by atoms with Crippen molar-refractivity contribution in [3.05, 3.63) is 12.2 Å². The van der Waals surface area contributed by atoms with Gasteiger partial charge < -0.3 is 0 Å². The number of allylic oxidation sites excluding steroid dienone is 2. The second-order valence-corrected chi connectivity index (χ2v) is 8.03. The Kier molecular flexibility index (Phi) is 2.21. The molecule has 0 saturated heterocycles. The molecule has 0 radical (unpaired) electrons. The Morgan fingerprint density at radius 3 is 1.82 bits per heavy atom. The number of halogens is 6. The SMILES string of the molecule is FC(F)(F)C1(C(F)(F)F)CC2C3CC(C4C5C=CC(C5)C34)C21. The third-order valence-corrected chi connectivity index (χ3v) is 7.73. The number of hydrogen-bond donors (Lipinski definition) is 0. The van der Waals surface area contributed by atoms with E-state index in [1.54, 1.807) is 0 Å². The number of hydrogen-bond acceptors (Lipinski definition) is 0. The summed E-state index contributed by atoms with van der Waals surface area (Å²) in [5, 5.41) is 0. The molecule has 0 nitrogen and oxygen atoms in total. The summed E-state index contributed by atoms with van der Waals surface area (Å²) < 4.78 is 80.5. The van der Waals surface area contributed by atoms with Gasteiger partial charge in [0.15, 0.2) is 5.41 Å². The van der Waals surface area contributed by atoms with Gasteiger partial charge in [-0.1, -0.05) is 12.2 Å². The first kappa shape index (κ1) is 13.7. The first-order valence-corrected chi connectivity index (χ1v) is 7.98. The average Bonchev–Trinajstić information content (AvgIpc) is 2.99. The molecular formula is C16H16F6. The number of fused-ring (bicyclic) bond motifs is 12. The summed E-state index contributed by atoms with van der Waals surface area (Å²) in [4.78, 5) is 0. The molecule has 5 rings (SSSR count). The van der Waals surface area contributed by atoms with E-state index in [1.807, 2.05) is 6.08 Å². The van der Waals surface area contributed by atoms with E-state index in [2.05, 4.69) is 6.08 Å². The highest BCUT2D eigenvalue weighted by Gasteiger charge is 2.86. The van der Waals surface area contributed by atoms with Crippen LogP contribution in [0.1, 0.15) is 19.3 Å². The van der Waals surface area contributed by atoms with Gasteiger partial charge in [-0.2, -0.15) is 26.3 Å². The minimum absolute atomic E-state index is 0.0747. The fourth-order valence-electron chi connectivity index (χ4n) is 7.29. The minimum Gasteiger partial charge on any atom is -0.170 e. The first-order valence-electron chi connectivity index (χ1n) is 7.98. The predicted octanol–water partition coefficient (Wildman–Crippen LogP) is 4.82. The monoisotopic (exact) mass is 322 g/mol. The van der Waals surface area contributed by atoms with Crippen molar-refractivity contribution in [1.29, 1.82) is 0 Å². The lowest BCUT2D eigenvalue weighted by molar-refractivity contribution is -0.408. The highest BCUT2D eigenvalue weighted by Crippen LogP contribution is 2.81. The molecule has 5 aliphatic carbocycles. The maximum absolute atomic E-state index is 13.4. The van der Waals surface area contributed by atoms with Gasteiger partial charge in [0.25, 0.3) is 0 Å². The van der Waals surface area contributed by atoms with Crippen LogP contribution in [0.2, 0.25) is 0 Å². The van der Waals surface area contributed by atoms with Crippen molar-refractivity contribution in [3.63, 3.8) is 0 Å². The molecule has 4 saturated carbocycles. The number of alkyl halides is 6. The predicted molar refractivity (Wildman–Crippen MR) is 65.5 cm³/mol. The fourth-order valence-corrected chi connectivity index (χ4v) is 7.29.